The topological polar surface area (TPSA) is 66.1 Å². The van der Waals surface area contributed by atoms with Gasteiger partial charge in [0.05, 0.1) is 11.4 Å². The second-order valence-electron chi connectivity index (χ2n) is 5.57. The quantitative estimate of drug-likeness (QED) is 0.515. The standard InChI is InChI=1S/C16H27N3O2S2/c1-5-7-19(8-6-2)15(21)11-23-16-17-13(9-14(20)18-16)10-22-12(3)4/h9,12H,5-8,10-11H2,1-4H3,(H,17,18,20). The van der Waals surface area contributed by atoms with Crippen LogP contribution in [0, 0.1) is 0 Å². The molecule has 0 radical (unpaired) electrons. The van der Waals surface area contributed by atoms with Gasteiger partial charge in [-0.25, -0.2) is 4.98 Å². The van der Waals surface area contributed by atoms with Crippen molar-refractivity contribution in [2.45, 2.75) is 56.7 Å². The molecule has 0 aliphatic heterocycles. The van der Waals surface area contributed by atoms with Gasteiger partial charge in [-0.05, 0) is 18.1 Å². The van der Waals surface area contributed by atoms with Crippen LogP contribution in [0.2, 0.25) is 0 Å². The molecule has 23 heavy (non-hydrogen) atoms. The molecule has 1 heterocycles. The van der Waals surface area contributed by atoms with Crippen molar-refractivity contribution in [3.05, 3.63) is 22.1 Å². The number of hydrogen-bond acceptors (Lipinski definition) is 5. The highest BCUT2D eigenvalue weighted by atomic mass is 32.2. The van der Waals surface area contributed by atoms with Crippen LogP contribution in [-0.4, -0.2) is 44.9 Å². The Hall–Kier alpha value is -0.950. The molecular weight excluding hydrogens is 330 g/mol. The zero-order chi connectivity index (χ0) is 17.2. The molecule has 1 rings (SSSR count). The van der Waals surface area contributed by atoms with E-state index in [9.17, 15) is 9.59 Å². The highest BCUT2D eigenvalue weighted by Gasteiger charge is 2.13. The first-order valence-electron chi connectivity index (χ1n) is 8.08. The first kappa shape index (κ1) is 20.1. The van der Waals surface area contributed by atoms with Crippen LogP contribution in [0.15, 0.2) is 16.0 Å². The summed E-state index contributed by atoms with van der Waals surface area (Å²) in [6.07, 6.45) is 1.90. The van der Waals surface area contributed by atoms with Gasteiger partial charge in [0, 0.05) is 24.9 Å². The van der Waals surface area contributed by atoms with Crippen molar-refractivity contribution in [3.8, 4) is 0 Å². The SMILES string of the molecule is CCCN(CCC)C(=O)CSc1nc(CSC(C)C)cc(=O)[nH]1. The van der Waals surface area contributed by atoms with Crippen molar-refractivity contribution in [2.75, 3.05) is 18.8 Å². The van der Waals surface area contributed by atoms with Crippen LogP contribution in [-0.2, 0) is 10.5 Å². The van der Waals surface area contributed by atoms with E-state index >= 15 is 0 Å². The van der Waals surface area contributed by atoms with Gasteiger partial charge < -0.3 is 9.88 Å². The highest BCUT2D eigenvalue weighted by molar-refractivity contribution is 7.99. The van der Waals surface area contributed by atoms with Gasteiger partial charge in [0.15, 0.2) is 5.16 Å². The lowest BCUT2D eigenvalue weighted by atomic mass is 10.3. The van der Waals surface area contributed by atoms with Crippen LogP contribution in [0.1, 0.15) is 46.2 Å². The summed E-state index contributed by atoms with van der Waals surface area (Å²) in [5, 5.41) is 1.02. The fourth-order valence-corrected chi connectivity index (χ4v) is 3.45. The van der Waals surface area contributed by atoms with Gasteiger partial charge in [-0.15, -0.1) is 0 Å². The number of thioether (sulfide) groups is 2. The van der Waals surface area contributed by atoms with Crippen molar-refractivity contribution >= 4 is 29.4 Å². The molecule has 5 nitrogen and oxygen atoms in total. The summed E-state index contributed by atoms with van der Waals surface area (Å²) >= 11 is 3.05. The highest BCUT2D eigenvalue weighted by Crippen LogP contribution is 2.17. The number of nitrogens with one attached hydrogen (secondary N) is 1. The summed E-state index contributed by atoms with van der Waals surface area (Å²) in [6.45, 7) is 9.92. The van der Waals surface area contributed by atoms with Crippen molar-refractivity contribution in [2.24, 2.45) is 0 Å². The van der Waals surface area contributed by atoms with E-state index in [0.29, 0.717) is 21.9 Å². The maximum Gasteiger partial charge on any atom is 0.251 e. The molecule has 0 aliphatic carbocycles. The zero-order valence-corrected chi connectivity index (χ0v) is 16.1. The number of carbonyl (C=O) groups excluding carboxylic acids is 1. The molecule has 1 N–H and O–H groups in total. The number of aromatic nitrogens is 2. The molecule has 0 unspecified atom stereocenters. The number of nitrogens with zero attached hydrogens (tertiary/aromatic N) is 2. The van der Waals surface area contributed by atoms with Crippen LogP contribution < -0.4 is 5.56 Å². The Labute approximate surface area is 147 Å². The van der Waals surface area contributed by atoms with Gasteiger partial charge in [-0.2, -0.15) is 11.8 Å². The van der Waals surface area contributed by atoms with E-state index in [1.54, 1.807) is 11.8 Å². The van der Waals surface area contributed by atoms with E-state index in [1.807, 2.05) is 4.90 Å². The van der Waals surface area contributed by atoms with Gasteiger partial charge in [0.1, 0.15) is 0 Å². The molecule has 0 atom stereocenters. The molecular formula is C16H27N3O2S2. The van der Waals surface area contributed by atoms with Crippen molar-refractivity contribution in [1.29, 1.82) is 0 Å². The van der Waals surface area contributed by atoms with Crippen LogP contribution in [0.4, 0.5) is 0 Å². The maximum atomic E-state index is 12.3. The second-order valence-corrected chi connectivity index (χ2v) is 8.10. The molecule has 0 bridgehead atoms. The predicted octanol–water partition coefficient (Wildman–Crippen LogP) is 3.15. The van der Waals surface area contributed by atoms with Gasteiger partial charge >= 0.3 is 0 Å². The molecule has 1 aromatic rings. The monoisotopic (exact) mass is 357 g/mol. The Morgan fingerprint density at radius 2 is 1.96 bits per heavy atom. The van der Waals surface area contributed by atoms with Crippen LogP contribution in [0.25, 0.3) is 0 Å². The van der Waals surface area contributed by atoms with Gasteiger partial charge in [-0.3, -0.25) is 9.59 Å². The van der Waals surface area contributed by atoms with E-state index in [0.717, 1.165) is 31.6 Å². The molecule has 0 aromatic carbocycles. The van der Waals surface area contributed by atoms with E-state index < -0.39 is 0 Å². The number of aromatic amines is 1. The first-order chi connectivity index (χ1) is 11.0. The van der Waals surface area contributed by atoms with Gasteiger partial charge in [-0.1, -0.05) is 39.5 Å². The lowest BCUT2D eigenvalue weighted by Gasteiger charge is -2.21. The second kappa shape index (κ2) is 10.8. The minimum atomic E-state index is -0.159. The van der Waals surface area contributed by atoms with Gasteiger partial charge in [0.25, 0.3) is 5.56 Å². The fraction of sp³-hybridized carbons (Fsp3) is 0.688. The first-order valence-corrected chi connectivity index (χ1v) is 10.1. The third-order valence-corrected chi connectivity index (χ3v) is 5.00. The Kier molecular flexibility index (Phi) is 9.40. The average molecular weight is 358 g/mol. The summed E-state index contributed by atoms with van der Waals surface area (Å²) in [4.78, 5) is 33.0. The smallest absolute Gasteiger partial charge is 0.251 e. The molecule has 1 aromatic heterocycles. The zero-order valence-electron chi connectivity index (χ0n) is 14.4. The van der Waals surface area contributed by atoms with Crippen LogP contribution >= 0.6 is 23.5 Å². The van der Waals surface area contributed by atoms with E-state index in [-0.39, 0.29) is 11.5 Å². The molecule has 130 valence electrons. The Morgan fingerprint density at radius 1 is 1.30 bits per heavy atom. The molecule has 0 saturated carbocycles. The summed E-state index contributed by atoms with van der Waals surface area (Å²) in [7, 11) is 0. The minimum absolute atomic E-state index is 0.100. The summed E-state index contributed by atoms with van der Waals surface area (Å²) in [5.74, 6) is 1.12. The normalized spacial score (nSPS) is 11.0. The average Bonchev–Trinajstić information content (AvgIpc) is 2.50. The number of amides is 1. The van der Waals surface area contributed by atoms with Crippen LogP contribution in [0.3, 0.4) is 0 Å². The molecule has 1 amide bonds. The number of carbonyl (C=O) groups is 1. The van der Waals surface area contributed by atoms with E-state index in [2.05, 4.69) is 37.7 Å². The Balaban J connectivity index is 2.65. The minimum Gasteiger partial charge on any atom is -0.342 e. The number of hydrogen-bond donors (Lipinski definition) is 1. The third-order valence-electron chi connectivity index (χ3n) is 3.01. The molecule has 0 spiro atoms. The van der Waals surface area contributed by atoms with Crippen molar-refractivity contribution in [1.82, 2.24) is 14.9 Å². The fourth-order valence-electron chi connectivity index (χ4n) is 2.00. The Morgan fingerprint density at radius 3 is 2.52 bits per heavy atom. The third kappa shape index (κ3) is 7.92. The molecule has 0 aliphatic rings. The Bertz CT molecular complexity index is 540. The molecule has 7 heteroatoms. The lowest BCUT2D eigenvalue weighted by Crippen LogP contribution is -2.33. The predicted molar refractivity (Wildman–Crippen MR) is 99.2 cm³/mol. The number of rotatable bonds is 10. The van der Waals surface area contributed by atoms with Gasteiger partial charge in [0.2, 0.25) is 5.91 Å². The van der Waals surface area contributed by atoms with Crippen LogP contribution in [0.5, 0.6) is 0 Å². The summed E-state index contributed by atoms with van der Waals surface area (Å²) in [5.41, 5.74) is 0.606. The summed E-state index contributed by atoms with van der Waals surface area (Å²) in [6, 6.07) is 1.53. The van der Waals surface area contributed by atoms with Crippen molar-refractivity contribution in [3.63, 3.8) is 0 Å². The van der Waals surface area contributed by atoms with Crippen molar-refractivity contribution < 1.29 is 4.79 Å². The lowest BCUT2D eigenvalue weighted by molar-refractivity contribution is -0.128. The maximum absolute atomic E-state index is 12.3. The van der Waals surface area contributed by atoms with E-state index in [4.69, 9.17) is 0 Å². The summed E-state index contributed by atoms with van der Waals surface area (Å²) < 4.78 is 0. The molecule has 0 saturated heterocycles. The molecule has 0 fully saturated rings. The largest absolute Gasteiger partial charge is 0.342 e. The number of H-pyrrole nitrogens is 1. The van der Waals surface area contributed by atoms with E-state index in [1.165, 1.54) is 17.8 Å².